The van der Waals surface area contributed by atoms with E-state index >= 15 is 0 Å². The van der Waals surface area contributed by atoms with Crippen LogP contribution in [0.25, 0.3) is 34.4 Å². The molecule has 0 saturated carbocycles. The van der Waals surface area contributed by atoms with Crippen molar-refractivity contribution in [2.45, 2.75) is 115 Å². The third-order valence-corrected chi connectivity index (χ3v) is 38.5. The maximum absolute atomic E-state index is 2.81. The number of allylic oxidation sites excluding steroid dienone is 2. The summed E-state index contributed by atoms with van der Waals surface area (Å²) in [5.74, 6) is 0.605. The average Bonchev–Trinajstić information content (AvgIpc) is 3.61. The molecule has 1 aliphatic heterocycles. The molecule has 4 aromatic carbocycles. The number of fused-ring (bicyclic) bond motifs is 6. The Bertz CT molecular complexity index is 2100. The van der Waals surface area contributed by atoms with Gasteiger partial charge in [-0.1, -0.05) is 0 Å². The van der Waals surface area contributed by atoms with Gasteiger partial charge in [0.1, 0.15) is 0 Å². The zero-order valence-electron chi connectivity index (χ0n) is 35.6. The number of hydrogen-bond donors (Lipinski definition) is 0. The van der Waals surface area contributed by atoms with E-state index in [0.717, 1.165) is 3.67 Å². The third-order valence-electron chi connectivity index (χ3n) is 12.9. The van der Waals surface area contributed by atoms with Crippen LogP contribution in [0.3, 0.4) is 0 Å². The van der Waals surface area contributed by atoms with E-state index in [2.05, 4.69) is 173 Å². The molecule has 1 fully saturated rings. The maximum atomic E-state index is 2.81. The summed E-state index contributed by atoms with van der Waals surface area (Å²) in [5.41, 5.74) is 12.4. The van der Waals surface area contributed by atoms with Crippen molar-refractivity contribution in [3.05, 3.63) is 105 Å². The Balaban J connectivity index is 1.36. The predicted octanol–water partition coefficient (Wildman–Crippen LogP) is 11.4. The normalized spacial score (nSPS) is 20.4. The predicted molar refractivity (Wildman–Crippen MR) is 251 cm³/mol. The molecule has 278 valence electrons. The molecule has 1 heterocycles. The van der Waals surface area contributed by atoms with Crippen molar-refractivity contribution in [3.8, 4) is 22.3 Å². The van der Waals surface area contributed by atoms with Gasteiger partial charge in [-0.2, -0.15) is 0 Å². The molecule has 7 rings (SSSR count). The van der Waals surface area contributed by atoms with Gasteiger partial charge >= 0.3 is 337 Å². The van der Waals surface area contributed by atoms with Crippen LogP contribution in [-0.2, 0) is 20.0 Å². The second kappa shape index (κ2) is 13.8. The van der Waals surface area contributed by atoms with E-state index < -0.39 is 61.8 Å². The Hall–Kier alpha value is -1.69. The van der Waals surface area contributed by atoms with E-state index in [1.165, 1.54) is 39.3 Å². The molecular formula is C47H66HfSi5. The van der Waals surface area contributed by atoms with E-state index in [1.807, 2.05) is 10.4 Å². The monoisotopic (exact) mass is 950 g/mol. The molecule has 0 spiro atoms. The van der Waals surface area contributed by atoms with Gasteiger partial charge < -0.3 is 0 Å². The van der Waals surface area contributed by atoms with Gasteiger partial charge in [-0.05, 0) is 0 Å². The van der Waals surface area contributed by atoms with Gasteiger partial charge in [0.05, 0.1) is 0 Å². The van der Waals surface area contributed by atoms with Crippen molar-refractivity contribution >= 4 is 74.7 Å². The van der Waals surface area contributed by atoms with Crippen LogP contribution in [0, 0.1) is 0 Å². The van der Waals surface area contributed by atoms with Gasteiger partial charge in [-0.3, -0.25) is 0 Å². The first-order valence-corrected chi connectivity index (χ1v) is 47.7. The van der Waals surface area contributed by atoms with E-state index in [9.17, 15) is 0 Å². The van der Waals surface area contributed by atoms with Crippen LogP contribution in [-0.4, -0.2) is 41.8 Å². The Morgan fingerprint density at radius 3 is 1.40 bits per heavy atom. The van der Waals surface area contributed by atoms with E-state index in [0.29, 0.717) is 5.92 Å². The van der Waals surface area contributed by atoms with Crippen molar-refractivity contribution in [2.24, 2.45) is 0 Å². The fourth-order valence-electron chi connectivity index (χ4n) is 9.53. The second-order valence-electron chi connectivity index (χ2n) is 21.7. The summed E-state index contributed by atoms with van der Waals surface area (Å²) < 4.78 is 7.84. The van der Waals surface area contributed by atoms with Gasteiger partial charge in [0.15, 0.2) is 0 Å². The zero-order chi connectivity index (χ0) is 38.5. The Morgan fingerprint density at radius 1 is 0.528 bits per heavy atom. The van der Waals surface area contributed by atoms with Crippen LogP contribution in [0.2, 0.25) is 92.1 Å². The molecule has 1 saturated heterocycles. The van der Waals surface area contributed by atoms with Crippen LogP contribution < -0.4 is 20.7 Å². The minimum atomic E-state index is -2.67. The minimum absolute atomic E-state index is 0.605. The summed E-state index contributed by atoms with van der Waals surface area (Å²) in [4.78, 5) is 0. The molecule has 0 amide bonds. The Kier molecular flexibility index (Phi) is 10.3. The molecule has 3 aliphatic rings. The van der Waals surface area contributed by atoms with Gasteiger partial charge in [0.25, 0.3) is 0 Å². The van der Waals surface area contributed by atoms with Crippen LogP contribution in [0.4, 0.5) is 0 Å². The van der Waals surface area contributed by atoms with Crippen molar-refractivity contribution in [3.63, 3.8) is 0 Å². The standard InChI is InChI=1S/C45H60Si5.2CH3.Hf/c1-14-17-42-41-21-16-20-40(33-25-37(49(8,9)10)29-38(26-33)50(11,12)13)44(41)30-45(42)46-34-22-31-18-15-19-39(43(31)27-34)32-23-35(47(2,3)4)28-36(24-32)48(5,6)7;;;/h15-16,18-30,42H,1,14,17,46H2,2-13H3;2*1H3;. The summed E-state index contributed by atoms with van der Waals surface area (Å²) >= 11 is -2.67. The summed E-state index contributed by atoms with van der Waals surface area (Å²) in [6, 6.07) is 30.3. The van der Waals surface area contributed by atoms with Crippen LogP contribution >= 0.6 is 0 Å². The van der Waals surface area contributed by atoms with E-state index in [1.54, 1.807) is 43.0 Å². The molecule has 4 aromatic rings. The van der Waals surface area contributed by atoms with Crippen molar-refractivity contribution in [1.82, 2.24) is 0 Å². The first-order valence-electron chi connectivity index (χ1n) is 20.5. The molecule has 0 N–H and O–H groups in total. The summed E-state index contributed by atoms with van der Waals surface area (Å²) in [6.45, 7) is 30.2. The first-order chi connectivity index (χ1) is 24.5. The second-order valence-corrected chi connectivity index (χ2v) is 62.2. The van der Waals surface area contributed by atoms with Crippen molar-refractivity contribution in [2.75, 3.05) is 0 Å². The fourth-order valence-corrected chi connectivity index (χ4v) is 35.2. The van der Waals surface area contributed by atoms with E-state index in [4.69, 9.17) is 0 Å². The van der Waals surface area contributed by atoms with Gasteiger partial charge in [-0.25, -0.2) is 0 Å². The molecule has 2 atom stereocenters. The molecule has 0 nitrogen and oxygen atoms in total. The SMILES string of the molecule is C[Si](C)(C)c1cc(-c2cccc3c2C=C2[SiH2]C4=Cc5c(-c6cc([Si](C)(C)C)cc([Si](C)(C)C)c6)cccc5[CH]4[Hf]([CH3])([CH3])[CH2]CCC23)cc([Si](C)(C)C)c1. The summed E-state index contributed by atoms with van der Waals surface area (Å²) in [7, 11) is -6.55. The number of hydrogen-bond acceptors (Lipinski definition) is 0. The topological polar surface area (TPSA) is 0 Å². The molecule has 2 unspecified atom stereocenters. The van der Waals surface area contributed by atoms with Gasteiger partial charge in [0.2, 0.25) is 0 Å². The molecule has 0 bridgehead atoms. The van der Waals surface area contributed by atoms with Crippen molar-refractivity contribution < 1.29 is 20.0 Å². The summed E-state index contributed by atoms with van der Waals surface area (Å²) in [5, 5.41) is 10.2. The van der Waals surface area contributed by atoms with Crippen LogP contribution in [0.1, 0.15) is 44.7 Å². The first kappa shape index (κ1) is 39.5. The summed E-state index contributed by atoms with van der Waals surface area (Å²) in [6.07, 6.45) is 8.24. The zero-order valence-corrected chi connectivity index (χ0v) is 44.6. The quantitative estimate of drug-likeness (QED) is 0.169. The molecule has 6 heteroatoms. The molecule has 2 aliphatic carbocycles. The van der Waals surface area contributed by atoms with Crippen LogP contribution in [0.15, 0.2) is 83.2 Å². The van der Waals surface area contributed by atoms with Gasteiger partial charge in [-0.15, -0.1) is 0 Å². The van der Waals surface area contributed by atoms with Crippen molar-refractivity contribution in [1.29, 1.82) is 0 Å². The molecule has 0 aromatic heterocycles. The molecule has 0 radical (unpaired) electrons. The number of rotatable bonds is 6. The average molecular weight is 950 g/mol. The van der Waals surface area contributed by atoms with Crippen LogP contribution in [0.5, 0.6) is 0 Å². The number of benzene rings is 4. The third kappa shape index (κ3) is 7.72. The Labute approximate surface area is 334 Å². The Morgan fingerprint density at radius 2 is 0.943 bits per heavy atom. The fraction of sp³-hybridized carbons (Fsp3) is 0.404. The molecular weight excluding hydrogens is 883 g/mol. The molecule has 53 heavy (non-hydrogen) atoms. The van der Waals surface area contributed by atoms with Gasteiger partial charge in [0, 0.05) is 0 Å². The van der Waals surface area contributed by atoms with E-state index in [-0.39, 0.29) is 0 Å².